The lowest BCUT2D eigenvalue weighted by atomic mass is 9.98. The van der Waals surface area contributed by atoms with Crippen molar-refractivity contribution >= 4 is 46.5 Å². The second-order valence-electron chi connectivity index (χ2n) is 6.98. The smallest absolute Gasteiger partial charge is 0.303 e. The number of esters is 4. The Morgan fingerprint density at radius 1 is 0.848 bits per heavy atom. The number of rotatable bonds is 8. The monoisotopic (exact) mass is 580 g/mol. The van der Waals surface area contributed by atoms with E-state index in [2.05, 4.69) is 22.6 Å². The Bertz CT molecular complexity index is 887. The summed E-state index contributed by atoms with van der Waals surface area (Å²) in [5, 5.41) is 0. The predicted octanol–water partition coefficient (Wildman–Crippen LogP) is 1.76. The molecule has 0 aliphatic carbocycles. The van der Waals surface area contributed by atoms with Crippen molar-refractivity contribution in [3.63, 3.8) is 0 Å². The second-order valence-corrected chi connectivity index (χ2v) is 8.23. The Labute approximate surface area is 204 Å². The van der Waals surface area contributed by atoms with E-state index in [4.69, 9.17) is 33.2 Å². The topological polar surface area (TPSA) is 133 Å². The summed E-state index contributed by atoms with van der Waals surface area (Å²) in [6, 6.07) is 5.08. The van der Waals surface area contributed by atoms with E-state index in [1.165, 1.54) is 14.0 Å². The van der Waals surface area contributed by atoms with Crippen LogP contribution < -0.4 is 9.47 Å². The van der Waals surface area contributed by atoms with Crippen LogP contribution in [-0.4, -0.2) is 68.3 Å². The van der Waals surface area contributed by atoms with Crippen molar-refractivity contribution in [2.24, 2.45) is 0 Å². The summed E-state index contributed by atoms with van der Waals surface area (Å²) in [5.41, 5.74) is 0. The molecule has 1 aromatic rings. The van der Waals surface area contributed by atoms with Gasteiger partial charge in [0.1, 0.15) is 12.7 Å². The van der Waals surface area contributed by atoms with E-state index in [-0.39, 0.29) is 12.4 Å². The normalized spacial score (nSPS) is 24.2. The molecule has 5 atom stereocenters. The molecule has 0 bridgehead atoms. The minimum Gasteiger partial charge on any atom is -0.493 e. The minimum absolute atomic E-state index is 0.249. The van der Waals surface area contributed by atoms with Crippen LogP contribution in [0.2, 0.25) is 0 Å². The van der Waals surface area contributed by atoms with Gasteiger partial charge in [-0.3, -0.25) is 19.2 Å². The summed E-state index contributed by atoms with van der Waals surface area (Å²) >= 11 is 2.10. The first-order valence-electron chi connectivity index (χ1n) is 9.82. The highest BCUT2D eigenvalue weighted by Gasteiger charge is 2.53. The van der Waals surface area contributed by atoms with Gasteiger partial charge in [0.05, 0.1) is 7.11 Å². The van der Waals surface area contributed by atoms with Gasteiger partial charge in [0.15, 0.2) is 23.7 Å². The number of hydrogen-bond donors (Lipinski definition) is 0. The summed E-state index contributed by atoms with van der Waals surface area (Å²) in [6.07, 6.45) is -6.33. The van der Waals surface area contributed by atoms with Gasteiger partial charge in [-0.1, -0.05) is 0 Å². The molecule has 0 radical (unpaired) electrons. The molecule has 1 heterocycles. The van der Waals surface area contributed by atoms with Gasteiger partial charge < -0.3 is 33.2 Å². The van der Waals surface area contributed by atoms with Gasteiger partial charge in [-0.2, -0.15) is 0 Å². The van der Waals surface area contributed by atoms with Crippen LogP contribution in [0.15, 0.2) is 18.2 Å². The highest BCUT2D eigenvalue weighted by Crippen LogP contribution is 2.35. The SMILES string of the molecule is COc1cc(I)ccc1O[C@H]1OC(COC(C)=O)[C@@H](OC(C)=O)C(OC(C)=O)C1OC(C)=O. The van der Waals surface area contributed by atoms with Crippen LogP contribution in [0, 0.1) is 3.57 Å². The molecule has 33 heavy (non-hydrogen) atoms. The van der Waals surface area contributed by atoms with Gasteiger partial charge in [0.25, 0.3) is 0 Å². The molecule has 0 saturated carbocycles. The Hall–Kier alpha value is -2.61. The number of benzene rings is 1. The summed E-state index contributed by atoms with van der Waals surface area (Å²) in [5.74, 6) is -2.15. The third-order valence-electron chi connectivity index (χ3n) is 4.32. The van der Waals surface area contributed by atoms with E-state index in [1.807, 2.05) is 0 Å². The van der Waals surface area contributed by atoms with E-state index in [0.29, 0.717) is 5.75 Å². The average molecular weight is 580 g/mol. The number of halogens is 1. The van der Waals surface area contributed by atoms with Gasteiger partial charge in [0.2, 0.25) is 12.4 Å². The maximum absolute atomic E-state index is 11.9. The Kier molecular flexibility index (Phi) is 9.70. The molecule has 0 amide bonds. The molecule has 0 spiro atoms. The minimum atomic E-state index is -1.33. The van der Waals surface area contributed by atoms with Crippen LogP contribution in [0.5, 0.6) is 11.5 Å². The maximum Gasteiger partial charge on any atom is 0.303 e. The van der Waals surface area contributed by atoms with Crippen LogP contribution in [0.4, 0.5) is 0 Å². The standard InChI is InChI=1S/C21H25IO11/c1-10(23)28-9-17-18(29-11(2)24)19(30-12(3)25)20(31-13(4)26)21(33-17)32-15-7-6-14(22)8-16(15)27-5/h6-8,17-21H,9H2,1-5H3/t17?,18-,19?,20?,21+/m1/s1. The first-order valence-corrected chi connectivity index (χ1v) is 10.9. The lowest BCUT2D eigenvalue weighted by Gasteiger charge is -2.44. The van der Waals surface area contributed by atoms with Crippen LogP contribution >= 0.6 is 22.6 Å². The molecule has 1 aliphatic rings. The molecule has 1 aliphatic heterocycles. The molecule has 182 valence electrons. The molecule has 12 heteroatoms. The molecule has 0 N–H and O–H groups in total. The van der Waals surface area contributed by atoms with Crippen LogP contribution in [0.1, 0.15) is 27.7 Å². The number of carbonyl (C=O) groups is 4. The van der Waals surface area contributed by atoms with Gasteiger partial charge in [-0.05, 0) is 40.8 Å². The van der Waals surface area contributed by atoms with Gasteiger partial charge in [-0.15, -0.1) is 0 Å². The average Bonchev–Trinajstić information content (AvgIpc) is 2.71. The highest BCUT2D eigenvalue weighted by molar-refractivity contribution is 14.1. The molecule has 1 aromatic carbocycles. The quantitative estimate of drug-likeness (QED) is 0.253. The highest BCUT2D eigenvalue weighted by atomic mass is 127. The summed E-state index contributed by atoms with van der Waals surface area (Å²) in [7, 11) is 1.45. The molecule has 3 unspecified atom stereocenters. The third-order valence-corrected chi connectivity index (χ3v) is 4.99. The fourth-order valence-electron chi connectivity index (χ4n) is 3.15. The lowest BCUT2D eigenvalue weighted by molar-refractivity contribution is -0.288. The van der Waals surface area contributed by atoms with E-state index in [1.54, 1.807) is 18.2 Å². The Balaban J connectivity index is 2.50. The fraction of sp³-hybridized carbons (Fsp3) is 0.524. The van der Waals surface area contributed by atoms with Crippen LogP contribution in [0.3, 0.4) is 0 Å². The zero-order valence-electron chi connectivity index (χ0n) is 18.7. The summed E-state index contributed by atoms with van der Waals surface area (Å²) in [6.45, 7) is 4.29. The zero-order chi connectivity index (χ0) is 24.7. The molecular weight excluding hydrogens is 555 g/mol. The van der Waals surface area contributed by atoms with Crippen molar-refractivity contribution in [2.45, 2.75) is 58.4 Å². The van der Waals surface area contributed by atoms with Crippen molar-refractivity contribution in [1.82, 2.24) is 0 Å². The van der Waals surface area contributed by atoms with Crippen molar-refractivity contribution < 1.29 is 52.3 Å². The van der Waals surface area contributed by atoms with Gasteiger partial charge in [-0.25, -0.2) is 0 Å². The number of ether oxygens (including phenoxy) is 7. The molecule has 2 rings (SSSR count). The predicted molar refractivity (Wildman–Crippen MR) is 118 cm³/mol. The third kappa shape index (κ3) is 7.74. The molecule has 1 saturated heterocycles. The van der Waals surface area contributed by atoms with E-state index >= 15 is 0 Å². The Morgan fingerprint density at radius 3 is 1.97 bits per heavy atom. The van der Waals surface area contributed by atoms with Crippen molar-refractivity contribution in [3.8, 4) is 11.5 Å². The zero-order valence-corrected chi connectivity index (χ0v) is 20.9. The number of carbonyl (C=O) groups excluding carboxylic acids is 4. The van der Waals surface area contributed by atoms with Crippen LogP contribution in [-0.2, 0) is 42.9 Å². The lowest BCUT2D eigenvalue weighted by Crippen LogP contribution is -2.63. The summed E-state index contributed by atoms with van der Waals surface area (Å²) < 4.78 is 39.2. The van der Waals surface area contributed by atoms with Gasteiger partial charge >= 0.3 is 23.9 Å². The van der Waals surface area contributed by atoms with E-state index in [9.17, 15) is 19.2 Å². The molecule has 1 fully saturated rings. The number of hydrogen-bond acceptors (Lipinski definition) is 11. The molecule has 11 nitrogen and oxygen atoms in total. The molecular formula is C21H25IO11. The van der Waals surface area contributed by atoms with Crippen molar-refractivity contribution in [2.75, 3.05) is 13.7 Å². The van der Waals surface area contributed by atoms with Gasteiger partial charge in [0, 0.05) is 31.3 Å². The first-order chi connectivity index (χ1) is 15.5. The maximum atomic E-state index is 11.9. The first kappa shape index (κ1) is 26.6. The van der Waals surface area contributed by atoms with Crippen molar-refractivity contribution in [1.29, 1.82) is 0 Å². The largest absolute Gasteiger partial charge is 0.493 e. The van der Waals surface area contributed by atoms with Crippen LogP contribution in [0.25, 0.3) is 0 Å². The van der Waals surface area contributed by atoms with Crippen molar-refractivity contribution in [3.05, 3.63) is 21.8 Å². The fourth-order valence-corrected chi connectivity index (χ4v) is 3.61. The molecule has 0 aromatic heterocycles. The summed E-state index contributed by atoms with van der Waals surface area (Å²) in [4.78, 5) is 46.9. The second kappa shape index (κ2) is 12.0. The Morgan fingerprint density at radius 2 is 1.42 bits per heavy atom. The van der Waals surface area contributed by atoms with E-state index in [0.717, 1.165) is 24.3 Å². The number of methoxy groups -OCH3 is 1. The van der Waals surface area contributed by atoms with E-state index < -0.39 is 54.6 Å².